The molecule has 124 valence electrons. The van der Waals surface area contributed by atoms with Crippen LogP contribution >= 0.6 is 11.3 Å². The van der Waals surface area contributed by atoms with Crippen LogP contribution in [0.5, 0.6) is 0 Å². The average Bonchev–Trinajstić information content (AvgIpc) is 3.30. The molecule has 0 aliphatic rings. The van der Waals surface area contributed by atoms with Gasteiger partial charge in [-0.1, -0.05) is 12.1 Å². The van der Waals surface area contributed by atoms with Gasteiger partial charge in [-0.25, -0.2) is 4.98 Å². The number of carbonyl (C=O) groups excluding carboxylic acids is 1. The van der Waals surface area contributed by atoms with Gasteiger partial charge in [0.05, 0.1) is 15.7 Å². The molecule has 25 heavy (non-hydrogen) atoms. The number of thiazole rings is 1. The number of hydrogen-bond acceptors (Lipinski definition) is 5. The summed E-state index contributed by atoms with van der Waals surface area (Å²) in [6.45, 7) is 2.82. The molecule has 4 rings (SSSR count). The first kappa shape index (κ1) is 15.5. The molecule has 7 heteroatoms. The zero-order chi connectivity index (χ0) is 17.2. The lowest BCUT2D eigenvalue weighted by Crippen LogP contribution is -2.11. The van der Waals surface area contributed by atoms with Crippen LogP contribution in [0.4, 0.5) is 5.69 Å². The van der Waals surface area contributed by atoms with Crippen LogP contribution in [0.15, 0.2) is 54.3 Å². The fourth-order valence-electron chi connectivity index (χ4n) is 2.65. The van der Waals surface area contributed by atoms with Gasteiger partial charge in [0.15, 0.2) is 5.82 Å². The highest BCUT2D eigenvalue weighted by Crippen LogP contribution is 2.23. The van der Waals surface area contributed by atoms with Crippen molar-refractivity contribution in [1.29, 1.82) is 0 Å². The lowest BCUT2D eigenvalue weighted by molar-refractivity contribution is 0.102. The highest BCUT2D eigenvalue weighted by Gasteiger charge is 2.10. The number of anilines is 1. The highest BCUT2D eigenvalue weighted by molar-refractivity contribution is 7.16. The third kappa shape index (κ3) is 3.01. The van der Waals surface area contributed by atoms with E-state index in [-0.39, 0.29) is 5.91 Å². The summed E-state index contributed by atoms with van der Waals surface area (Å²) >= 11 is 1.52. The molecule has 0 radical (unpaired) electrons. The molecule has 1 amide bonds. The number of nitrogens with zero attached hydrogens (tertiary/aromatic N) is 4. The largest absolute Gasteiger partial charge is 0.322 e. The Morgan fingerprint density at radius 2 is 2.16 bits per heavy atom. The Bertz CT molecular complexity index is 1050. The second-order valence-electron chi connectivity index (χ2n) is 5.51. The van der Waals surface area contributed by atoms with E-state index in [0.29, 0.717) is 5.56 Å². The van der Waals surface area contributed by atoms with Gasteiger partial charge in [0.25, 0.3) is 5.91 Å². The number of carbonyl (C=O) groups is 1. The lowest BCUT2D eigenvalue weighted by Gasteiger charge is -2.08. The smallest absolute Gasteiger partial charge is 0.255 e. The molecular weight excluding hydrogens is 334 g/mol. The maximum atomic E-state index is 12.5. The minimum Gasteiger partial charge on any atom is -0.322 e. The molecule has 0 atom stereocenters. The summed E-state index contributed by atoms with van der Waals surface area (Å²) in [6, 6.07) is 13.1. The summed E-state index contributed by atoms with van der Waals surface area (Å²) in [5.41, 5.74) is 4.92. The molecule has 0 fully saturated rings. The molecule has 2 heterocycles. The molecule has 0 unspecified atom stereocenters. The molecular formula is C18H15N5OS. The molecule has 0 aliphatic carbocycles. The topological polar surface area (TPSA) is 72.7 Å². The van der Waals surface area contributed by atoms with Crippen molar-refractivity contribution in [3.05, 3.63) is 59.9 Å². The van der Waals surface area contributed by atoms with Crippen molar-refractivity contribution in [2.75, 3.05) is 5.32 Å². The van der Waals surface area contributed by atoms with Crippen LogP contribution in [0.25, 0.3) is 21.6 Å². The SMILES string of the molecule is CCn1cnnc1-c1cccc(NC(=O)c2ccc3ncsc3c2)c1. The second kappa shape index (κ2) is 6.45. The average molecular weight is 349 g/mol. The van der Waals surface area contributed by atoms with Crippen molar-refractivity contribution in [1.82, 2.24) is 19.7 Å². The molecule has 2 aromatic heterocycles. The number of nitrogens with one attached hydrogen (secondary N) is 1. The van der Waals surface area contributed by atoms with Gasteiger partial charge in [-0.2, -0.15) is 0 Å². The molecule has 6 nitrogen and oxygen atoms in total. The number of aryl methyl sites for hydroxylation is 1. The lowest BCUT2D eigenvalue weighted by atomic mass is 10.1. The Hall–Kier alpha value is -3.06. The second-order valence-corrected chi connectivity index (χ2v) is 6.40. The van der Waals surface area contributed by atoms with Crippen molar-refractivity contribution >= 4 is 33.1 Å². The van der Waals surface area contributed by atoms with Gasteiger partial charge in [-0.15, -0.1) is 21.5 Å². The van der Waals surface area contributed by atoms with Gasteiger partial charge in [0.2, 0.25) is 0 Å². The van der Waals surface area contributed by atoms with E-state index in [1.807, 2.05) is 47.9 Å². The molecule has 0 spiro atoms. The summed E-state index contributed by atoms with van der Waals surface area (Å²) in [7, 11) is 0. The van der Waals surface area contributed by atoms with Crippen LogP contribution in [-0.4, -0.2) is 25.7 Å². The van der Waals surface area contributed by atoms with Crippen LogP contribution < -0.4 is 5.32 Å². The van der Waals surface area contributed by atoms with Gasteiger partial charge < -0.3 is 9.88 Å². The summed E-state index contributed by atoms with van der Waals surface area (Å²) < 4.78 is 2.95. The van der Waals surface area contributed by atoms with E-state index in [0.717, 1.165) is 33.8 Å². The van der Waals surface area contributed by atoms with Crippen LogP contribution in [0.3, 0.4) is 0 Å². The third-order valence-corrected chi connectivity index (χ3v) is 4.72. The molecule has 0 saturated heterocycles. The summed E-state index contributed by atoms with van der Waals surface area (Å²) in [6.07, 6.45) is 1.70. The predicted molar refractivity (Wildman–Crippen MR) is 98.7 cm³/mol. The first-order chi connectivity index (χ1) is 12.2. The number of amides is 1. The third-order valence-electron chi connectivity index (χ3n) is 3.93. The standard InChI is InChI=1S/C18H15N5OS/c1-2-23-10-20-22-17(23)12-4-3-5-14(8-12)21-18(24)13-6-7-15-16(9-13)25-11-19-15/h3-11H,2H2,1H3,(H,21,24). The van der Waals surface area contributed by atoms with E-state index < -0.39 is 0 Å². The quantitative estimate of drug-likeness (QED) is 0.608. The maximum absolute atomic E-state index is 12.5. The number of hydrogen-bond donors (Lipinski definition) is 1. The van der Waals surface area contributed by atoms with Crippen molar-refractivity contribution in [3.63, 3.8) is 0 Å². The number of benzene rings is 2. The maximum Gasteiger partial charge on any atom is 0.255 e. The minimum atomic E-state index is -0.149. The van der Waals surface area contributed by atoms with Gasteiger partial charge in [0.1, 0.15) is 6.33 Å². The van der Waals surface area contributed by atoms with E-state index in [1.165, 1.54) is 11.3 Å². The van der Waals surface area contributed by atoms with Gasteiger partial charge >= 0.3 is 0 Å². The van der Waals surface area contributed by atoms with Gasteiger partial charge in [-0.3, -0.25) is 4.79 Å². The summed E-state index contributed by atoms with van der Waals surface area (Å²) in [5, 5.41) is 11.1. The van der Waals surface area contributed by atoms with Crippen molar-refractivity contribution in [2.24, 2.45) is 0 Å². The van der Waals surface area contributed by atoms with E-state index in [4.69, 9.17) is 0 Å². The fraction of sp³-hybridized carbons (Fsp3) is 0.111. The van der Waals surface area contributed by atoms with E-state index in [9.17, 15) is 4.79 Å². The van der Waals surface area contributed by atoms with E-state index >= 15 is 0 Å². The van der Waals surface area contributed by atoms with Crippen LogP contribution in [0.1, 0.15) is 17.3 Å². The van der Waals surface area contributed by atoms with Crippen molar-refractivity contribution in [2.45, 2.75) is 13.5 Å². The normalized spacial score (nSPS) is 10.9. The number of aromatic nitrogens is 4. The zero-order valence-corrected chi connectivity index (χ0v) is 14.3. The molecule has 2 aromatic carbocycles. The Balaban J connectivity index is 1.60. The highest BCUT2D eigenvalue weighted by atomic mass is 32.1. The number of fused-ring (bicyclic) bond motifs is 1. The summed E-state index contributed by atoms with van der Waals surface area (Å²) in [4.78, 5) is 16.8. The monoisotopic (exact) mass is 349 g/mol. The Morgan fingerprint density at radius 3 is 3.04 bits per heavy atom. The Labute approximate surface area is 148 Å². The van der Waals surface area contributed by atoms with Crippen LogP contribution in [-0.2, 0) is 6.54 Å². The van der Waals surface area contributed by atoms with Crippen molar-refractivity contribution < 1.29 is 4.79 Å². The predicted octanol–water partition coefficient (Wildman–Crippen LogP) is 3.83. The van der Waals surface area contributed by atoms with E-state index in [1.54, 1.807) is 17.9 Å². The minimum absolute atomic E-state index is 0.149. The molecule has 1 N–H and O–H groups in total. The van der Waals surface area contributed by atoms with Crippen LogP contribution in [0.2, 0.25) is 0 Å². The first-order valence-electron chi connectivity index (χ1n) is 7.87. The number of rotatable bonds is 4. The van der Waals surface area contributed by atoms with Gasteiger partial charge in [-0.05, 0) is 37.3 Å². The fourth-order valence-corrected chi connectivity index (χ4v) is 3.36. The molecule has 0 bridgehead atoms. The zero-order valence-electron chi connectivity index (χ0n) is 13.5. The van der Waals surface area contributed by atoms with Crippen LogP contribution in [0, 0.1) is 0 Å². The molecule has 0 saturated carbocycles. The molecule has 0 aliphatic heterocycles. The van der Waals surface area contributed by atoms with Gasteiger partial charge in [0, 0.05) is 23.4 Å². The van der Waals surface area contributed by atoms with E-state index in [2.05, 4.69) is 20.5 Å². The summed E-state index contributed by atoms with van der Waals surface area (Å²) in [5.74, 6) is 0.633. The Morgan fingerprint density at radius 1 is 1.24 bits per heavy atom. The Kier molecular flexibility index (Phi) is 3.99. The van der Waals surface area contributed by atoms with Crippen molar-refractivity contribution in [3.8, 4) is 11.4 Å². The molecule has 4 aromatic rings. The first-order valence-corrected chi connectivity index (χ1v) is 8.75.